The van der Waals surface area contributed by atoms with Crippen molar-refractivity contribution in [3.05, 3.63) is 54.2 Å². The molecular formula is C15H11NO2. The molecule has 18 heavy (non-hydrogen) atoms. The van der Waals surface area contributed by atoms with Gasteiger partial charge >= 0.3 is 5.97 Å². The summed E-state index contributed by atoms with van der Waals surface area (Å²) in [4.78, 5) is 16.1. The van der Waals surface area contributed by atoms with Crippen LogP contribution in [0.15, 0.2) is 48.7 Å². The highest BCUT2D eigenvalue weighted by molar-refractivity contribution is 6.11. The summed E-state index contributed by atoms with van der Waals surface area (Å²) in [6.07, 6.45) is 1.78. The fourth-order valence-corrected chi connectivity index (χ4v) is 2.16. The first-order chi connectivity index (χ1) is 8.81. The average Bonchev–Trinajstić information content (AvgIpc) is 2.45. The Kier molecular flexibility index (Phi) is 2.45. The fraction of sp³-hybridized carbons (Fsp3) is 0.0667. The molecule has 3 aromatic rings. The number of hydrogen-bond donors (Lipinski definition) is 0. The summed E-state index contributed by atoms with van der Waals surface area (Å²) >= 11 is 0. The second-order valence-corrected chi connectivity index (χ2v) is 4.04. The molecule has 0 fully saturated rings. The molecule has 88 valence electrons. The van der Waals surface area contributed by atoms with Gasteiger partial charge in [-0.05, 0) is 11.5 Å². The number of benzene rings is 2. The number of aromatic nitrogens is 1. The topological polar surface area (TPSA) is 39.2 Å². The zero-order valence-corrected chi connectivity index (χ0v) is 9.88. The third-order valence-corrected chi connectivity index (χ3v) is 3.03. The number of hydrogen-bond acceptors (Lipinski definition) is 3. The number of fused-ring (bicyclic) bond motifs is 3. The third kappa shape index (κ3) is 1.52. The van der Waals surface area contributed by atoms with Gasteiger partial charge in [0, 0.05) is 17.0 Å². The first-order valence-electron chi connectivity index (χ1n) is 5.66. The number of esters is 1. The van der Waals surface area contributed by atoms with E-state index in [1.807, 2.05) is 36.4 Å². The van der Waals surface area contributed by atoms with Crippen molar-refractivity contribution in [1.82, 2.24) is 4.98 Å². The number of carbonyl (C=O) groups excluding carboxylic acids is 1. The van der Waals surface area contributed by atoms with Gasteiger partial charge in [-0.25, -0.2) is 4.79 Å². The Morgan fingerprint density at radius 3 is 2.67 bits per heavy atom. The summed E-state index contributed by atoms with van der Waals surface area (Å²) in [7, 11) is 1.38. The Labute approximate surface area is 104 Å². The van der Waals surface area contributed by atoms with E-state index in [0.29, 0.717) is 11.1 Å². The van der Waals surface area contributed by atoms with Crippen molar-refractivity contribution in [2.75, 3.05) is 7.11 Å². The maximum Gasteiger partial charge on any atom is 0.340 e. The summed E-state index contributed by atoms with van der Waals surface area (Å²) < 4.78 is 4.78. The van der Waals surface area contributed by atoms with Gasteiger partial charge in [-0.1, -0.05) is 36.4 Å². The van der Waals surface area contributed by atoms with E-state index in [9.17, 15) is 4.79 Å². The lowest BCUT2D eigenvalue weighted by molar-refractivity contribution is 0.0603. The second kappa shape index (κ2) is 4.11. The van der Waals surface area contributed by atoms with Crippen LogP contribution >= 0.6 is 0 Å². The second-order valence-electron chi connectivity index (χ2n) is 4.04. The Morgan fingerprint density at radius 1 is 1.06 bits per heavy atom. The van der Waals surface area contributed by atoms with Gasteiger partial charge in [0.2, 0.25) is 0 Å². The Bertz CT molecular complexity index is 750. The molecule has 3 nitrogen and oxygen atoms in total. The lowest BCUT2D eigenvalue weighted by atomic mass is 10.0. The number of pyridine rings is 1. The lowest BCUT2D eigenvalue weighted by Gasteiger charge is -2.06. The highest BCUT2D eigenvalue weighted by Gasteiger charge is 2.12. The molecule has 1 heterocycles. The van der Waals surface area contributed by atoms with Crippen LogP contribution in [-0.4, -0.2) is 18.1 Å². The minimum Gasteiger partial charge on any atom is -0.465 e. The predicted molar refractivity (Wildman–Crippen MR) is 70.6 cm³/mol. The van der Waals surface area contributed by atoms with Crippen molar-refractivity contribution in [2.24, 2.45) is 0 Å². The van der Waals surface area contributed by atoms with Crippen molar-refractivity contribution < 1.29 is 9.53 Å². The number of carbonyl (C=O) groups is 1. The van der Waals surface area contributed by atoms with Crippen molar-refractivity contribution in [3.8, 4) is 0 Å². The monoisotopic (exact) mass is 237 g/mol. The van der Waals surface area contributed by atoms with E-state index in [2.05, 4.69) is 4.98 Å². The molecule has 0 saturated heterocycles. The van der Waals surface area contributed by atoms with Gasteiger partial charge in [-0.3, -0.25) is 4.98 Å². The van der Waals surface area contributed by atoms with Gasteiger partial charge < -0.3 is 4.74 Å². The van der Waals surface area contributed by atoms with E-state index in [1.54, 1.807) is 12.3 Å². The molecule has 3 heteroatoms. The molecule has 0 spiro atoms. The highest BCUT2D eigenvalue weighted by atomic mass is 16.5. The zero-order valence-electron chi connectivity index (χ0n) is 9.88. The molecule has 0 aliphatic heterocycles. The first-order valence-corrected chi connectivity index (χ1v) is 5.66. The van der Waals surface area contributed by atoms with E-state index >= 15 is 0 Å². The minimum absolute atomic E-state index is 0.358. The normalized spacial score (nSPS) is 10.7. The number of rotatable bonds is 1. The quantitative estimate of drug-likeness (QED) is 0.482. The van der Waals surface area contributed by atoms with E-state index in [0.717, 1.165) is 16.2 Å². The smallest absolute Gasteiger partial charge is 0.340 e. The molecule has 1 aromatic heterocycles. The van der Waals surface area contributed by atoms with Crippen LogP contribution in [0.3, 0.4) is 0 Å². The standard InChI is InChI=1S/C15H11NO2/c1-18-15(17)13-8-4-7-12-11-6-3-2-5-10(11)9-16-14(12)13/h2-9H,1H3. The molecule has 0 aliphatic carbocycles. The van der Waals surface area contributed by atoms with E-state index in [1.165, 1.54) is 7.11 Å². The van der Waals surface area contributed by atoms with Gasteiger partial charge in [0.15, 0.2) is 0 Å². The largest absolute Gasteiger partial charge is 0.465 e. The Hall–Kier alpha value is -2.42. The first kappa shape index (κ1) is 10.7. The van der Waals surface area contributed by atoms with Gasteiger partial charge in [-0.15, -0.1) is 0 Å². The number of methoxy groups -OCH3 is 1. The van der Waals surface area contributed by atoms with Crippen LogP contribution in [0, 0.1) is 0 Å². The van der Waals surface area contributed by atoms with E-state index < -0.39 is 0 Å². The summed E-state index contributed by atoms with van der Waals surface area (Å²) in [5.74, 6) is -0.358. The predicted octanol–water partition coefficient (Wildman–Crippen LogP) is 3.17. The summed E-state index contributed by atoms with van der Waals surface area (Å²) in [6.45, 7) is 0. The molecule has 0 saturated carbocycles. The molecule has 3 rings (SSSR count). The molecule has 0 bridgehead atoms. The van der Waals surface area contributed by atoms with E-state index in [4.69, 9.17) is 4.74 Å². The zero-order chi connectivity index (χ0) is 12.5. The van der Waals surface area contributed by atoms with Crippen molar-refractivity contribution in [3.63, 3.8) is 0 Å². The molecule has 0 amide bonds. The van der Waals surface area contributed by atoms with Crippen molar-refractivity contribution in [2.45, 2.75) is 0 Å². The van der Waals surface area contributed by atoms with Crippen LogP contribution in [0.2, 0.25) is 0 Å². The van der Waals surface area contributed by atoms with Gasteiger partial charge in [0.05, 0.1) is 18.2 Å². The van der Waals surface area contributed by atoms with E-state index in [-0.39, 0.29) is 5.97 Å². The summed E-state index contributed by atoms with van der Waals surface area (Å²) in [6, 6.07) is 13.5. The highest BCUT2D eigenvalue weighted by Crippen LogP contribution is 2.25. The summed E-state index contributed by atoms with van der Waals surface area (Å²) in [5.41, 5.74) is 1.18. The van der Waals surface area contributed by atoms with Crippen LogP contribution in [0.25, 0.3) is 21.7 Å². The molecule has 0 aliphatic rings. The SMILES string of the molecule is COC(=O)c1cccc2c1ncc1ccccc12. The van der Waals surface area contributed by atoms with Crippen LogP contribution < -0.4 is 0 Å². The Balaban J connectivity index is 2.43. The number of ether oxygens (including phenoxy) is 1. The van der Waals surface area contributed by atoms with Crippen LogP contribution in [0.4, 0.5) is 0 Å². The Morgan fingerprint density at radius 2 is 1.83 bits per heavy atom. The maximum atomic E-state index is 11.7. The van der Waals surface area contributed by atoms with Gasteiger partial charge in [-0.2, -0.15) is 0 Å². The van der Waals surface area contributed by atoms with Crippen LogP contribution in [0.5, 0.6) is 0 Å². The molecule has 0 atom stereocenters. The molecule has 2 aromatic carbocycles. The number of nitrogens with zero attached hydrogens (tertiary/aromatic N) is 1. The van der Waals surface area contributed by atoms with Gasteiger partial charge in [0.25, 0.3) is 0 Å². The molecule has 0 unspecified atom stereocenters. The minimum atomic E-state index is -0.358. The van der Waals surface area contributed by atoms with Crippen molar-refractivity contribution >= 4 is 27.6 Å². The van der Waals surface area contributed by atoms with Crippen LogP contribution in [0.1, 0.15) is 10.4 Å². The molecular weight excluding hydrogens is 226 g/mol. The third-order valence-electron chi connectivity index (χ3n) is 3.03. The number of para-hydroxylation sites is 1. The van der Waals surface area contributed by atoms with Gasteiger partial charge in [0.1, 0.15) is 0 Å². The molecule has 0 N–H and O–H groups in total. The fourth-order valence-electron chi connectivity index (χ4n) is 2.16. The lowest BCUT2D eigenvalue weighted by Crippen LogP contribution is -2.02. The molecule has 0 radical (unpaired) electrons. The maximum absolute atomic E-state index is 11.7. The average molecular weight is 237 g/mol. The summed E-state index contributed by atoms with van der Waals surface area (Å²) in [5, 5.41) is 3.12. The van der Waals surface area contributed by atoms with Crippen molar-refractivity contribution in [1.29, 1.82) is 0 Å². The van der Waals surface area contributed by atoms with Crippen LogP contribution in [-0.2, 0) is 4.74 Å².